The Balaban J connectivity index is 2.76. The first-order chi connectivity index (χ1) is 9.40. The maximum Gasteiger partial charge on any atom is 0.242 e. The van der Waals surface area contributed by atoms with Crippen LogP contribution in [-0.2, 0) is 10.0 Å². The van der Waals surface area contributed by atoms with Crippen LogP contribution in [0.3, 0.4) is 0 Å². The third-order valence-electron chi connectivity index (χ3n) is 3.29. The molecule has 1 N–H and O–H groups in total. The van der Waals surface area contributed by atoms with Crippen molar-refractivity contribution in [2.24, 2.45) is 5.92 Å². The fraction of sp³-hybridized carbons (Fsp3) is 0.571. The third-order valence-corrected chi connectivity index (χ3v) is 5.43. The van der Waals surface area contributed by atoms with Crippen LogP contribution in [0.4, 0.5) is 0 Å². The van der Waals surface area contributed by atoms with Crippen molar-refractivity contribution in [1.82, 2.24) is 4.72 Å². The van der Waals surface area contributed by atoms with Crippen LogP contribution >= 0.6 is 23.2 Å². The van der Waals surface area contributed by atoms with Crippen molar-refractivity contribution in [1.29, 1.82) is 0 Å². The van der Waals surface area contributed by atoms with E-state index in [9.17, 15) is 8.42 Å². The van der Waals surface area contributed by atoms with Gasteiger partial charge in [0.05, 0.1) is 5.02 Å². The lowest BCUT2D eigenvalue weighted by Crippen LogP contribution is -2.29. The van der Waals surface area contributed by atoms with E-state index in [1.807, 2.05) is 0 Å². The van der Waals surface area contributed by atoms with Crippen LogP contribution in [0, 0.1) is 5.92 Å². The number of benzene rings is 1. The maximum absolute atomic E-state index is 12.2. The molecule has 0 aliphatic carbocycles. The van der Waals surface area contributed by atoms with Gasteiger partial charge in [0.25, 0.3) is 0 Å². The first-order valence-electron chi connectivity index (χ1n) is 6.85. The Morgan fingerprint density at radius 2 is 1.95 bits per heavy atom. The van der Waals surface area contributed by atoms with Crippen molar-refractivity contribution >= 4 is 33.2 Å². The summed E-state index contributed by atoms with van der Waals surface area (Å²) in [7, 11) is -3.61. The highest BCUT2D eigenvalue weighted by Gasteiger charge is 2.19. The molecule has 3 nitrogen and oxygen atoms in total. The molecule has 1 rings (SSSR count). The topological polar surface area (TPSA) is 46.2 Å². The highest BCUT2D eigenvalue weighted by atomic mass is 35.5. The van der Waals surface area contributed by atoms with Gasteiger partial charge in [0.1, 0.15) is 4.90 Å². The number of hydrogen-bond acceptors (Lipinski definition) is 2. The molecule has 6 heteroatoms. The summed E-state index contributed by atoms with van der Waals surface area (Å²) < 4.78 is 27.1. The Kier molecular flexibility index (Phi) is 7.30. The highest BCUT2D eigenvalue weighted by Crippen LogP contribution is 2.25. The zero-order valence-corrected chi connectivity index (χ0v) is 14.2. The number of halogens is 2. The molecule has 0 fully saturated rings. The van der Waals surface area contributed by atoms with Crippen LogP contribution in [-0.4, -0.2) is 15.0 Å². The zero-order valence-electron chi connectivity index (χ0n) is 11.8. The largest absolute Gasteiger partial charge is 0.242 e. The predicted octanol–water partition coefficient (Wildman–Crippen LogP) is 4.49. The van der Waals surface area contributed by atoms with E-state index in [0.717, 1.165) is 25.7 Å². The number of hydrogen-bond donors (Lipinski definition) is 1. The molecule has 0 radical (unpaired) electrons. The molecule has 0 heterocycles. The van der Waals surface area contributed by atoms with Gasteiger partial charge in [-0.1, -0.05) is 56.3 Å². The quantitative estimate of drug-likeness (QED) is 0.759. The van der Waals surface area contributed by atoms with E-state index < -0.39 is 10.0 Å². The van der Waals surface area contributed by atoms with Crippen molar-refractivity contribution in [3.63, 3.8) is 0 Å². The molecule has 114 valence electrons. The molecule has 1 atom stereocenters. The molecule has 0 saturated heterocycles. The Hall–Kier alpha value is -0.290. The molecular formula is C14H21Cl2NO2S. The molecule has 0 bridgehead atoms. The van der Waals surface area contributed by atoms with Crippen molar-refractivity contribution in [2.45, 2.75) is 44.4 Å². The smallest absolute Gasteiger partial charge is 0.211 e. The minimum atomic E-state index is -3.61. The lowest BCUT2D eigenvalue weighted by molar-refractivity contribution is 0.444. The van der Waals surface area contributed by atoms with Gasteiger partial charge in [0, 0.05) is 11.6 Å². The van der Waals surface area contributed by atoms with Crippen LogP contribution in [0.15, 0.2) is 23.1 Å². The zero-order chi connectivity index (χ0) is 15.2. The second-order valence-electron chi connectivity index (χ2n) is 4.84. The van der Waals surface area contributed by atoms with E-state index in [-0.39, 0.29) is 9.92 Å². The van der Waals surface area contributed by atoms with E-state index in [1.54, 1.807) is 6.07 Å². The van der Waals surface area contributed by atoms with E-state index in [0.29, 0.717) is 17.5 Å². The first-order valence-corrected chi connectivity index (χ1v) is 9.09. The highest BCUT2D eigenvalue weighted by molar-refractivity contribution is 7.89. The van der Waals surface area contributed by atoms with E-state index in [1.165, 1.54) is 12.1 Å². The summed E-state index contributed by atoms with van der Waals surface area (Å²) in [5, 5.41) is 0.538. The molecule has 20 heavy (non-hydrogen) atoms. The van der Waals surface area contributed by atoms with Gasteiger partial charge in [-0.05, 0) is 30.5 Å². The van der Waals surface area contributed by atoms with E-state index in [4.69, 9.17) is 23.2 Å². The Morgan fingerprint density at radius 3 is 2.55 bits per heavy atom. The molecule has 0 unspecified atom stereocenters. The number of sulfonamides is 1. The molecule has 0 amide bonds. The van der Waals surface area contributed by atoms with Gasteiger partial charge in [-0.15, -0.1) is 0 Å². The molecule has 1 aromatic carbocycles. The second-order valence-corrected chi connectivity index (χ2v) is 7.42. The van der Waals surface area contributed by atoms with Gasteiger partial charge in [0.15, 0.2) is 0 Å². The summed E-state index contributed by atoms with van der Waals surface area (Å²) in [5.41, 5.74) is 0. The minimum Gasteiger partial charge on any atom is -0.211 e. The molecule has 1 aromatic rings. The number of unbranched alkanes of at least 4 members (excludes halogenated alkanes) is 1. The van der Waals surface area contributed by atoms with Gasteiger partial charge in [-0.3, -0.25) is 0 Å². The fourth-order valence-electron chi connectivity index (χ4n) is 1.93. The first kappa shape index (κ1) is 17.8. The van der Waals surface area contributed by atoms with Crippen molar-refractivity contribution < 1.29 is 8.42 Å². The molecular weight excluding hydrogens is 317 g/mol. The monoisotopic (exact) mass is 337 g/mol. The Morgan fingerprint density at radius 1 is 1.25 bits per heavy atom. The van der Waals surface area contributed by atoms with Crippen molar-refractivity contribution in [3.05, 3.63) is 28.2 Å². The van der Waals surface area contributed by atoms with Gasteiger partial charge in [-0.25, -0.2) is 13.1 Å². The van der Waals surface area contributed by atoms with Gasteiger partial charge < -0.3 is 0 Å². The maximum atomic E-state index is 12.2. The lowest BCUT2D eigenvalue weighted by Gasteiger charge is -2.16. The SMILES string of the molecule is CCCC[C@@H](CC)CNS(=O)(=O)c1cc(Cl)ccc1Cl. The van der Waals surface area contributed by atoms with Gasteiger partial charge in [-0.2, -0.15) is 0 Å². The molecule has 0 aromatic heterocycles. The van der Waals surface area contributed by atoms with E-state index >= 15 is 0 Å². The van der Waals surface area contributed by atoms with E-state index in [2.05, 4.69) is 18.6 Å². The number of nitrogens with one attached hydrogen (secondary N) is 1. The van der Waals surface area contributed by atoms with Crippen LogP contribution in [0.1, 0.15) is 39.5 Å². The average Bonchev–Trinajstić information content (AvgIpc) is 2.41. The Labute approximate surface area is 131 Å². The lowest BCUT2D eigenvalue weighted by atomic mass is 10.00. The van der Waals surface area contributed by atoms with Gasteiger partial charge in [0.2, 0.25) is 10.0 Å². The summed E-state index contributed by atoms with van der Waals surface area (Å²) in [6.45, 7) is 4.63. The Bertz CT molecular complexity index is 532. The minimum absolute atomic E-state index is 0.0389. The summed E-state index contributed by atoms with van der Waals surface area (Å²) in [6, 6.07) is 4.44. The molecule has 0 aliphatic rings. The van der Waals surface area contributed by atoms with Crippen LogP contribution in [0.5, 0.6) is 0 Å². The second kappa shape index (κ2) is 8.23. The normalized spacial score (nSPS) is 13.4. The number of rotatable bonds is 8. The van der Waals surface area contributed by atoms with Crippen LogP contribution < -0.4 is 4.72 Å². The summed E-state index contributed by atoms with van der Waals surface area (Å²) in [5.74, 6) is 0.350. The van der Waals surface area contributed by atoms with Crippen LogP contribution in [0.25, 0.3) is 0 Å². The van der Waals surface area contributed by atoms with Gasteiger partial charge >= 0.3 is 0 Å². The average molecular weight is 338 g/mol. The summed E-state index contributed by atoms with van der Waals surface area (Å²) in [6.07, 6.45) is 4.20. The fourth-order valence-corrected chi connectivity index (χ4v) is 3.81. The van der Waals surface area contributed by atoms with Crippen molar-refractivity contribution in [2.75, 3.05) is 6.54 Å². The van der Waals surface area contributed by atoms with Crippen molar-refractivity contribution in [3.8, 4) is 0 Å². The predicted molar refractivity (Wildman–Crippen MR) is 85.0 cm³/mol. The molecule has 0 spiro atoms. The van der Waals surface area contributed by atoms with Crippen LogP contribution in [0.2, 0.25) is 10.0 Å². The molecule has 0 saturated carbocycles. The summed E-state index contributed by atoms with van der Waals surface area (Å²) >= 11 is 11.8. The standard InChI is InChI=1S/C14H21Cl2NO2S/c1-3-5-6-11(4-2)10-17-20(18,19)14-9-12(15)7-8-13(14)16/h7-9,11,17H,3-6,10H2,1-2H3/t11-/m1/s1. The third kappa shape index (κ3) is 5.24. The molecule has 0 aliphatic heterocycles. The summed E-state index contributed by atoms with van der Waals surface area (Å²) in [4.78, 5) is 0.0389.